The summed E-state index contributed by atoms with van der Waals surface area (Å²) in [5, 5.41) is 0.995. The molecule has 5 rings (SSSR count). The van der Waals surface area contributed by atoms with Crippen molar-refractivity contribution >= 4 is 21.9 Å². The number of furan rings is 1. The van der Waals surface area contributed by atoms with Crippen molar-refractivity contribution in [3.63, 3.8) is 0 Å². The van der Waals surface area contributed by atoms with E-state index < -0.39 is 18.6 Å². The van der Waals surface area contributed by atoms with E-state index in [1.807, 2.05) is 18.2 Å². The van der Waals surface area contributed by atoms with Crippen molar-refractivity contribution in [1.82, 2.24) is 4.98 Å². The van der Waals surface area contributed by atoms with Gasteiger partial charge < -0.3 is 4.42 Å². The van der Waals surface area contributed by atoms with E-state index in [-0.39, 0.29) is 5.56 Å². The van der Waals surface area contributed by atoms with Gasteiger partial charge in [0, 0.05) is 22.6 Å². The largest absolute Gasteiger partial charge is 0.455 e. The fourth-order valence-corrected chi connectivity index (χ4v) is 3.81. The van der Waals surface area contributed by atoms with Crippen LogP contribution < -0.4 is 0 Å². The van der Waals surface area contributed by atoms with Crippen LogP contribution in [0.3, 0.4) is 0 Å². The third-order valence-corrected chi connectivity index (χ3v) is 5.38. The Kier molecular flexibility index (Phi) is 3.43. The predicted octanol–water partition coefficient (Wildman–Crippen LogP) is 7.89. The van der Waals surface area contributed by atoms with Gasteiger partial charge in [-0.2, -0.15) is 0 Å². The first kappa shape index (κ1) is 14.5. The first-order valence-corrected chi connectivity index (χ1v) is 9.75. The van der Waals surface area contributed by atoms with Gasteiger partial charge in [-0.05, 0) is 65.8 Å². The molecule has 0 unspecified atom stereocenters. The quantitative estimate of drug-likeness (QED) is 0.308. The van der Waals surface area contributed by atoms with Crippen LogP contribution in [-0.2, 0) is 0 Å². The second kappa shape index (κ2) is 7.10. The molecular formula is C27H22FNO. The molecule has 0 fully saturated rings. The lowest BCUT2D eigenvalue weighted by atomic mass is 9.99. The van der Waals surface area contributed by atoms with Gasteiger partial charge in [0.25, 0.3) is 0 Å². The Morgan fingerprint density at radius 2 is 1.87 bits per heavy atom. The minimum absolute atomic E-state index is 0.256. The molecule has 0 aliphatic rings. The number of pyridine rings is 1. The Morgan fingerprint density at radius 1 is 1.00 bits per heavy atom. The molecule has 0 amide bonds. The molecule has 0 bridgehead atoms. The zero-order valence-electron chi connectivity index (χ0n) is 20.7. The molecule has 3 heteroatoms. The molecular weight excluding hydrogens is 373 g/mol. The highest BCUT2D eigenvalue weighted by Crippen LogP contribution is 2.38. The molecule has 0 saturated carbocycles. The van der Waals surface area contributed by atoms with Crippen LogP contribution in [0.25, 0.3) is 44.3 Å². The summed E-state index contributed by atoms with van der Waals surface area (Å²) in [5.41, 5.74) is 4.69. The Balaban J connectivity index is 1.69. The van der Waals surface area contributed by atoms with Crippen molar-refractivity contribution in [1.29, 1.82) is 0 Å². The molecule has 3 aromatic carbocycles. The van der Waals surface area contributed by atoms with Gasteiger partial charge in [0.15, 0.2) is 0 Å². The molecule has 0 atom stereocenters. The van der Waals surface area contributed by atoms with E-state index in [0.717, 1.165) is 16.7 Å². The summed E-state index contributed by atoms with van der Waals surface area (Å²) in [6.45, 7) is 1.40. The summed E-state index contributed by atoms with van der Waals surface area (Å²) in [6.07, 6.45) is 1.65. The summed E-state index contributed by atoms with van der Waals surface area (Å²) in [7, 11) is 0. The van der Waals surface area contributed by atoms with Crippen molar-refractivity contribution in [3.05, 3.63) is 89.9 Å². The average Bonchev–Trinajstić information content (AvgIpc) is 3.18. The van der Waals surface area contributed by atoms with Crippen LogP contribution in [0.2, 0.25) is 0 Å². The second-order valence-corrected chi connectivity index (χ2v) is 7.62. The first-order chi connectivity index (χ1) is 16.0. The third kappa shape index (κ3) is 3.07. The van der Waals surface area contributed by atoms with Gasteiger partial charge in [-0.1, -0.05) is 49.7 Å². The summed E-state index contributed by atoms with van der Waals surface area (Å²) < 4.78 is 52.5. The van der Waals surface area contributed by atoms with E-state index >= 15 is 0 Å². The second-order valence-electron chi connectivity index (χ2n) is 7.62. The van der Waals surface area contributed by atoms with Crippen molar-refractivity contribution in [2.75, 3.05) is 0 Å². The van der Waals surface area contributed by atoms with Gasteiger partial charge >= 0.3 is 0 Å². The highest BCUT2D eigenvalue weighted by molar-refractivity contribution is 6.10. The highest BCUT2D eigenvalue weighted by atomic mass is 19.1. The molecule has 0 aliphatic carbocycles. The molecule has 2 nitrogen and oxygen atoms in total. The number of hydrogen-bond acceptors (Lipinski definition) is 2. The zero-order valence-corrected chi connectivity index (χ0v) is 16.7. The molecule has 2 heterocycles. The van der Waals surface area contributed by atoms with E-state index in [2.05, 4.69) is 4.98 Å². The molecule has 0 saturated heterocycles. The lowest BCUT2D eigenvalue weighted by Gasteiger charge is -2.08. The van der Waals surface area contributed by atoms with E-state index in [4.69, 9.17) is 9.90 Å². The summed E-state index contributed by atoms with van der Waals surface area (Å²) in [6, 6.07) is 18.9. The molecule has 30 heavy (non-hydrogen) atoms. The van der Waals surface area contributed by atoms with E-state index in [1.165, 1.54) is 6.07 Å². The molecule has 0 aliphatic heterocycles. The average molecular weight is 400 g/mol. The van der Waals surface area contributed by atoms with Gasteiger partial charge in [0.1, 0.15) is 17.0 Å². The summed E-state index contributed by atoms with van der Waals surface area (Å²) in [5.74, 6) is -1.20. The number of halogens is 1. The van der Waals surface area contributed by atoms with Crippen molar-refractivity contribution < 1.29 is 14.3 Å². The van der Waals surface area contributed by atoms with Gasteiger partial charge in [0.05, 0.1) is 11.1 Å². The number of benzene rings is 3. The number of hydrogen-bond donors (Lipinski definition) is 0. The first-order valence-electron chi connectivity index (χ1n) is 11.7. The molecule has 2 aromatic heterocycles. The fraction of sp³-hybridized carbons (Fsp3) is 0.148. The minimum atomic E-state index is -2.20. The lowest BCUT2D eigenvalue weighted by Crippen LogP contribution is -1.91. The van der Waals surface area contributed by atoms with Crippen molar-refractivity contribution in [3.8, 4) is 22.4 Å². The van der Waals surface area contributed by atoms with Crippen LogP contribution in [-0.4, -0.2) is 4.98 Å². The topological polar surface area (TPSA) is 26.0 Å². The highest BCUT2D eigenvalue weighted by Gasteiger charge is 2.18. The van der Waals surface area contributed by atoms with Crippen LogP contribution in [0.1, 0.15) is 36.4 Å². The third-order valence-electron chi connectivity index (χ3n) is 5.38. The van der Waals surface area contributed by atoms with E-state index in [0.29, 0.717) is 33.2 Å². The molecule has 0 spiro atoms. The molecule has 0 radical (unpaired) electrons. The Bertz CT molecular complexity index is 1550. The lowest BCUT2D eigenvalue weighted by molar-refractivity contribution is 0.634. The van der Waals surface area contributed by atoms with Crippen LogP contribution in [0.15, 0.2) is 77.3 Å². The minimum Gasteiger partial charge on any atom is -0.455 e. The number of nitrogens with zero attached hydrogens (tertiary/aromatic N) is 1. The van der Waals surface area contributed by atoms with Crippen LogP contribution >= 0.6 is 0 Å². The van der Waals surface area contributed by atoms with Crippen LogP contribution in [0.4, 0.5) is 4.39 Å². The summed E-state index contributed by atoms with van der Waals surface area (Å²) in [4.78, 5) is 4.45. The van der Waals surface area contributed by atoms with Gasteiger partial charge in [-0.3, -0.25) is 4.98 Å². The number of fused-ring (bicyclic) bond motifs is 3. The number of aromatic nitrogens is 1. The van der Waals surface area contributed by atoms with Crippen LogP contribution in [0.5, 0.6) is 0 Å². The number of rotatable bonds is 3. The SMILES string of the molecule is [2H]C([2H])([2H])c1cccc(-c2ccc3c(c2)oc2c(-c4cc(C([2H])(C)C)ccn4)ccc(F)c23)c1. The van der Waals surface area contributed by atoms with Gasteiger partial charge in [-0.25, -0.2) is 4.39 Å². The smallest absolute Gasteiger partial charge is 0.147 e. The van der Waals surface area contributed by atoms with Crippen LogP contribution in [0, 0.1) is 12.7 Å². The molecule has 0 N–H and O–H groups in total. The van der Waals surface area contributed by atoms with Crippen molar-refractivity contribution in [2.24, 2.45) is 0 Å². The summed E-state index contributed by atoms with van der Waals surface area (Å²) >= 11 is 0. The maximum atomic E-state index is 14.9. The maximum absolute atomic E-state index is 14.9. The fourth-order valence-electron chi connectivity index (χ4n) is 3.81. The maximum Gasteiger partial charge on any atom is 0.147 e. The van der Waals surface area contributed by atoms with Gasteiger partial charge in [0.2, 0.25) is 0 Å². The molecule has 5 aromatic rings. The van der Waals surface area contributed by atoms with Crippen molar-refractivity contribution in [2.45, 2.75) is 26.6 Å². The van der Waals surface area contributed by atoms with Gasteiger partial charge in [-0.15, -0.1) is 0 Å². The standard InChI is InChI=1S/C27H22FNO/c1-16(2)18-11-12-29-24(14-18)21-9-10-23(28)26-22-8-7-20(15-25(22)30-27(21)26)19-6-4-5-17(3)13-19/h4-16H,1-3H3/i3D3,16D. The Labute approximate surface area is 180 Å². The molecule has 148 valence electrons. The monoisotopic (exact) mass is 399 g/mol. The zero-order chi connectivity index (χ0) is 24.3. The van der Waals surface area contributed by atoms with E-state index in [9.17, 15) is 4.39 Å². The predicted molar refractivity (Wildman–Crippen MR) is 121 cm³/mol. The Hall–Kier alpha value is -3.46. The normalized spacial score (nSPS) is 14.4. The van der Waals surface area contributed by atoms with E-state index in [1.54, 1.807) is 62.5 Å². The number of aryl methyl sites for hydroxylation is 1. The Morgan fingerprint density at radius 3 is 2.70 bits per heavy atom.